The summed E-state index contributed by atoms with van der Waals surface area (Å²) < 4.78 is 8.57. The molecule has 0 bridgehead atoms. The molecule has 0 atom stereocenters. The van der Waals surface area contributed by atoms with Gasteiger partial charge in [0.05, 0.1) is 17.9 Å². The Morgan fingerprint density at radius 2 is 1.93 bits per heavy atom. The third-order valence-electron chi connectivity index (χ3n) is 4.04. The summed E-state index contributed by atoms with van der Waals surface area (Å²) in [5.41, 5.74) is 1.77. The minimum Gasteiger partial charge on any atom is -0.486 e. The molecule has 4 rings (SSSR count). The molecule has 1 N–H and O–H groups in total. The van der Waals surface area contributed by atoms with Crippen molar-refractivity contribution in [1.82, 2.24) is 19.7 Å². The summed E-state index contributed by atoms with van der Waals surface area (Å²) in [7, 11) is 0. The molecule has 154 valence electrons. The Kier molecular flexibility index (Phi) is 6.80. The van der Waals surface area contributed by atoms with Crippen molar-refractivity contribution in [3.05, 3.63) is 79.2 Å². The van der Waals surface area contributed by atoms with Crippen LogP contribution in [0.3, 0.4) is 0 Å². The number of halogens is 4. The number of ether oxygens (including phenoxy) is 1. The molecule has 0 saturated carbocycles. The van der Waals surface area contributed by atoms with E-state index in [1.165, 1.54) is 11.3 Å². The van der Waals surface area contributed by atoms with Gasteiger partial charge in [0, 0.05) is 15.7 Å². The molecule has 6 nitrogen and oxygen atoms in total. The number of hydrogen-bond acceptors (Lipinski definition) is 6. The SMILES string of the molecule is Clc1cc(Nc2nnc(COc3ccccc3Cn3cnc(Cl)c3Cl)s2)ccc1Br. The van der Waals surface area contributed by atoms with Gasteiger partial charge in [-0.25, -0.2) is 4.98 Å². The van der Waals surface area contributed by atoms with Crippen molar-refractivity contribution >= 4 is 72.9 Å². The Labute approximate surface area is 199 Å². The van der Waals surface area contributed by atoms with Crippen LogP contribution in [0.2, 0.25) is 15.3 Å². The van der Waals surface area contributed by atoms with Crippen molar-refractivity contribution in [3.63, 3.8) is 0 Å². The summed E-state index contributed by atoms with van der Waals surface area (Å²) in [4.78, 5) is 4.00. The maximum Gasteiger partial charge on any atom is 0.210 e. The lowest BCUT2D eigenvalue weighted by Crippen LogP contribution is -2.03. The molecule has 0 aliphatic rings. The number of rotatable bonds is 7. The van der Waals surface area contributed by atoms with Gasteiger partial charge in [-0.2, -0.15) is 0 Å². The molecule has 4 aromatic rings. The smallest absolute Gasteiger partial charge is 0.210 e. The van der Waals surface area contributed by atoms with Crippen LogP contribution in [0, 0.1) is 0 Å². The monoisotopic (exact) mass is 543 g/mol. The number of nitrogens with one attached hydrogen (secondary N) is 1. The van der Waals surface area contributed by atoms with Crippen molar-refractivity contribution in [2.75, 3.05) is 5.32 Å². The van der Waals surface area contributed by atoms with Crippen LogP contribution in [0.25, 0.3) is 0 Å². The lowest BCUT2D eigenvalue weighted by molar-refractivity contribution is 0.300. The zero-order chi connectivity index (χ0) is 21.1. The Balaban J connectivity index is 1.42. The van der Waals surface area contributed by atoms with E-state index in [9.17, 15) is 0 Å². The van der Waals surface area contributed by atoms with Gasteiger partial charge in [0.2, 0.25) is 5.13 Å². The average molecular weight is 546 g/mol. The number of hydrogen-bond donors (Lipinski definition) is 1. The first-order valence-electron chi connectivity index (χ1n) is 8.61. The van der Waals surface area contributed by atoms with Crippen LogP contribution in [0.15, 0.2) is 53.3 Å². The van der Waals surface area contributed by atoms with Gasteiger partial charge in [-0.05, 0) is 40.2 Å². The second-order valence-corrected chi connectivity index (χ2v) is 9.14. The molecule has 2 aromatic carbocycles. The summed E-state index contributed by atoms with van der Waals surface area (Å²) in [6.07, 6.45) is 1.60. The number of nitrogens with zero attached hydrogens (tertiary/aromatic N) is 4. The first-order chi connectivity index (χ1) is 14.5. The summed E-state index contributed by atoms with van der Waals surface area (Å²) in [5.74, 6) is 0.725. The number of para-hydroxylation sites is 1. The summed E-state index contributed by atoms with van der Waals surface area (Å²) >= 11 is 23.0. The summed E-state index contributed by atoms with van der Waals surface area (Å²) in [6.45, 7) is 0.776. The van der Waals surface area contributed by atoms with Gasteiger partial charge < -0.3 is 14.6 Å². The highest BCUT2D eigenvalue weighted by Gasteiger charge is 2.11. The van der Waals surface area contributed by atoms with Crippen molar-refractivity contribution in [1.29, 1.82) is 0 Å². The van der Waals surface area contributed by atoms with E-state index in [0.717, 1.165) is 26.5 Å². The normalized spacial score (nSPS) is 10.9. The molecule has 30 heavy (non-hydrogen) atoms. The van der Waals surface area contributed by atoms with Crippen LogP contribution in [0.5, 0.6) is 5.75 Å². The van der Waals surface area contributed by atoms with Crippen LogP contribution in [-0.4, -0.2) is 19.7 Å². The molecule has 11 heteroatoms. The highest BCUT2D eigenvalue weighted by atomic mass is 79.9. The second kappa shape index (κ2) is 9.53. The van der Waals surface area contributed by atoms with Crippen LogP contribution in [0.4, 0.5) is 10.8 Å². The fourth-order valence-electron chi connectivity index (χ4n) is 2.61. The van der Waals surface area contributed by atoms with Gasteiger partial charge >= 0.3 is 0 Å². The van der Waals surface area contributed by atoms with E-state index in [1.54, 1.807) is 10.9 Å². The second-order valence-electron chi connectivity index (χ2n) is 6.11. The maximum absolute atomic E-state index is 6.16. The lowest BCUT2D eigenvalue weighted by Gasteiger charge is -2.11. The van der Waals surface area contributed by atoms with Crippen LogP contribution in [0.1, 0.15) is 10.6 Å². The van der Waals surface area contributed by atoms with E-state index in [1.807, 2.05) is 42.5 Å². The molecular formula is C19H13BrCl3N5OS. The summed E-state index contributed by atoms with van der Waals surface area (Å²) in [5, 5.41) is 14.2. The minimum atomic E-state index is 0.274. The molecule has 0 unspecified atom stereocenters. The van der Waals surface area contributed by atoms with Crippen LogP contribution >= 0.6 is 62.1 Å². The highest BCUT2D eigenvalue weighted by molar-refractivity contribution is 9.10. The fourth-order valence-corrected chi connectivity index (χ4v) is 4.02. The molecule has 0 amide bonds. The van der Waals surface area contributed by atoms with E-state index < -0.39 is 0 Å². The predicted octanol–water partition coefficient (Wildman–Crippen LogP) is 6.83. The molecule has 0 spiro atoms. The maximum atomic E-state index is 6.16. The zero-order valence-corrected chi connectivity index (χ0v) is 19.8. The quantitative estimate of drug-likeness (QED) is 0.276. The highest BCUT2D eigenvalue weighted by Crippen LogP contribution is 2.29. The zero-order valence-electron chi connectivity index (χ0n) is 15.2. The molecular weight excluding hydrogens is 533 g/mol. The largest absolute Gasteiger partial charge is 0.486 e. The van der Waals surface area contributed by atoms with Crippen molar-refractivity contribution in [3.8, 4) is 5.75 Å². The molecule has 0 aliphatic carbocycles. The van der Waals surface area contributed by atoms with E-state index in [4.69, 9.17) is 39.5 Å². The fraction of sp³-hybridized carbons (Fsp3) is 0.105. The molecule has 0 fully saturated rings. The van der Waals surface area contributed by atoms with Gasteiger partial charge in [-0.3, -0.25) is 0 Å². The summed E-state index contributed by atoms with van der Waals surface area (Å²) in [6, 6.07) is 13.3. The Morgan fingerprint density at radius 3 is 2.70 bits per heavy atom. The van der Waals surface area contributed by atoms with Gasteiger partial charge in [-0.1, -0.05) is 64.3 Å². The van der Waals surface area contributed by atoms with E-state index in [0.29, 0.717) is 21.9 Å². The van der Waals surface area contributed by atoms with Gasteiger partial charge in [0.15, 0.2) is 10.2 Å². The molecule has 0 saturated heterocycles. The average Bonchev–Trinajstić information content (AvgIpc) is 3.31. The van der Waals surface area contributed by atoms with Crippen molar-refractivity contribution < 1.29 is 4.74 Å². The first kappa shape index (κ1) is 21.4. The van der Waals surface area contributed by atoms with E-state index >= 15 is 0 Å². The number of aromatic nitrogens is 4. The Bertz CT molecular complexity index is 1180. The standard InChI is InChI=1S/C19H13BrCl3N5OS/c20-13-6-5-12(7-14(13)21)25-19-27-26-16(30-19)9-29-15-4-2-1-3-11(15)8-28-10-24-17(22)18(28)23/h1-7,10H,8-9H2,(H,25,27). The van der Waals surface area contributed by atoms with E-state index in [-0.39, 0.29) is 11.8 Å². The number of imidazole rings is 1. The topological polar surface area (TPSA) is 64.9 Å². The minimum absolute atomic E-state index is 0.274. The lowest BCUT2D eigenvalue weighted by atomic mass is 10.2. The molecule has 2 aromatic heterocycles. The number of anilines is 2. The Morgan fingerprint density at radius 1 is 1.10 bits per heavy atom. The first-order valence-corrected chi connectivity index (χ1v) is 11.3. The van der Waals surface area contributed by atoms with Crippen molar-refractivity contribution in [2.24, 2.45) is 0 Å². The van der Waals surface area contributed by atoms with Crippen LogP contribution in [-0.2, 0) is 13.2 Å². The third kappa shape index (κ3) is 5.07. The van der Waals surface area contributed by atoms with Gasteiger partial charge in [0.1, 0.15) is 17.5 Å². The van der Waals surface area contributed by atoms with Crippen molar-refractivity contribution in [2.45, 2.75) is 13.2 Å². The molecule has 0 aliphatic heterocycles. The number of benzene rings is 2. The predicted molar refractivity (Wildman–Crippen MR) is 124 cm³/mol. The van der Waals surface area contributed by atoms with Gasteiger partial charge in [0.25, 0.3) is 0 Å². The van der Waals surface area contributed by atoms with Crippen LogP contribution < -0.4 is 10.1 Å². The van der Waals surface area contributed by atoms with Gasteiger partial charge in [-0.15, -0.1) is 10.2 Å². The molecule has 2 heterocycles. The third-order valence-corrected chi connectivity index (χ3v) is 6.85. The Hall–Kier alpha value is -1.84. The molecule has 0 radical (unpaired) electrons. The van der Waals surface area contributed by atoms with E-state index in [2.05, 4.69) is 36.4 Å².